The van der Waals surface area contributed by atoms with E-state index in [1.165, 1.54) is 0 Å². The van der Waals surface area contributed by atoms with Crippen LogP contribution in [0.3, 0.4) is 0 Å². The Balaban J connectivity index is 1.84. The zero-order valence-corrected chi connectivity index (χ0v) is 13.4. The Bertz CT molecular complexity index is 811. The molecule has 0 aliphatic heterocycles. The molecule has 1 amide bonds. The number of hydrogen-bond donors (Lipinski definition) is 2. The number of nitrogens with one attached hydrogen (secondary N) is 2. The summed E-state index contributed by atoms with van der Waals surface area (Å²) in [7, 11) is -4.22. The Morgan fingerprint density at radius 3 is 2.46 bits per heavy atom. The Hall–Kier alpha value is -2.32. The molecule has 0 aliphatic carbocycles. The van der Waals surface area contributed by atoms with E-state index in [4.69, 9.17) is 0 Å². The number of rotatable bonds is 7. The predicted molar refractivity (Wildman–Crippen MR) is 84.5 cm³/mol. The maximum absolute atomic E-state index is 13.5. The predicted octanol–water partition coefficient (Wildman–Crippen LogP) is 1.95. The molecule has 0 heterocycles. The summed E-state index contributed by atoms with van der Waals surface area (Å²) in [6, 6.07) is 11.4. The van der Waals surface area contributed by atoms with Crippen LogP contribution in [0.15, 0.2) is 53.4 Å². The van der Waals surface area contributed by atoms with Crippen molar-refractivity contribution in [3.8, 4) is 0 Å². The minimum absolute atomic E-state index is 0.122. The van der Waals surface area contributed by atoms with Crippen LogP contribution in [0.1, 0.15) is 12.0 Å². The smallest absolute Gasteiger partial charge is 0.243 e. The molecule has 0 spiro atoms. The lowest BCUT2D eigenvalue weighted by atomic mass is 10.2. The van der Waals surface area contributed by atoms with Gasteiger partial charge in [-0.25, -0.2) is 21.9 Å². The van der Waals surface area contributed by atoms with Gasteiger partial charge >= 0.3 is 0 Å². The molecule has 0 aliphatic rings. The molecule has 5 nitrogen and oxygen atoms in total. The molecule has 0 saturated carbocycles. The number of hydrogen-bond acceptors (Lipinski definition) is 3. The third kappa shape index (κ3) is 5.10. The van der Waals surface area contributed by atoms with Crippen molar-refractivity contribution >= 4 is 15.9 Å². The van der Waals surface area contributed by atoms with Crippen LogP contribution in [-0.4, -0.2) is 20.9 Å². The zero-order valence-electron chi connectivity index (χ0n) is 12.6. The third-order valence-corrected chi connectivity index (χ3v) is 4.64. The molecule has 2 aromatic carbocycles. The van der Waals surface area contributed by atoms with Gasteiger partial charge in [-0.3, -0.25) is 4.79 Å². The van der Waals surface area contributed by atoms with E-state index in [0.29, 0.717) is 12.6 Å². The lowest BCUT2D eigenvalue weighted by molar-refractivity contribution is -0.121. The molecule has 0 fully saturated rings. The second-order valence-corrected chi connectivity index (χ2v) is 6.72. The van der Waals surface area contributed by atoms with Crippen molar-refractivity contribution in [2.45, 2.75) is 17.9 Å². The summed E-state index contributed by atoms with van der Waals surface area (Å²) >= 11 is 0. The lowest BCUT2D eigenvalue weighted by Gasteiger charge is -2.08. The average molecular weight is 354 g/mol. The Morgan fingerprint density at radius 1 is 1.04 bits per heavy atom. The van der Waals surface area contributed by atoms with E-state index in [1.54, 1.807) is 0 Å². The van der Waals surface area contributed by atoms with Gasteiger partial charge in [-0.05, 0) is 23.8 Å². The molecular weight excluding hydrogens is 338 g/mol. The van der Waals surface area contributed by atoms with Gasteiger partial charge in [0.25, 0.3) is 0 Å². The van der Waals surface area contributed by atoms with Crippen molar-refractivity contribution < 1.29 is 22.0 Å². The number of benzene rings is 2. The number of halogens is 2. The first kappa shape index (κ1) is 18.0. The zero-order chi connectivity index (χ0) is 17.6. The van der Waals surface area contributed by atoms with Crippen LogP contribution < -0.4 is 10.0 Å². The molecule has 128 valence electrons. The van der Waals surface area contributed by atoms with Gasteiger partial charge in [-0.2, -0.15) is 0 Å². The van der Waals surface area contributed by atoms with Crippen molar-refractivity contribution in [1.29, 1.82) is 0 Å². The monoisotopic (exact) mass is 354 g/mol. The molecule has 2 rings (SSSR count). The Morgan fingerprint density at radius 2 is 1.75 bits per heavy atom. The first-order valence-electron chi connectivity index (χ1n) is 7.14. The van der Waals surface area contributed by atoms with Crippen LogP contribution in [0.4, 0.5) is 8.78 Å². The van der Waals surface area contributed by atoms with E-state index in [2.05, 4.69) is 10.0 Å². The second kappa shape index (κ2) is 7.98. The van der Waals surface area contributed by atoms with Crippen LogP contribution in [-0.2, 0) is 21.4 Å². The Labute approximate surface area is 138 Å². The minimum atomic E-state index is -4.22. The van der Waals surface area contributed by atoms with Crippen LogP contribution in [0, 0.1) is 11.6 Å². The van der Waals surface area contributed by atoms with E-state index >= 15 is 0 Å². The summed E-state index contributed by atoms with van der Waals surface area (Å²) in [4.78, 5) is 10.9. The summed E-state index contributed by atoms with van der Waals surface area (Å²) in [5, 5.41) is 2.64. The molecule has 0 aromatic heterocycles. The van der Waals surface area contributed by atoms with Gasteiger partial charge in [0.05, 0.1) is 0 Å². The summed E-state index contributed by atoms with van der Waals surface area (Å²) in [5.41, 5.74) is 0.910. The van der Waals surface area contributed by atoms with Gasteiger partial charge in [-0.15, -0.1) is 0 Å². The molecule has 2 aromatic rings. The summed E-state index contributed by atoms with van der Waals surface area (Å²) in [6.07, 6.45) is -0.122. The molecule has 0 radical (unpaired) electrons. The van der Waals surface area contributed by atoms with E-state index in [1.807, 2.05) is 30.3 Å². The van der Waals surface area contributed by atoms with Crippen LogP contribution in [0.5, 0.6) is 0 Å². The molecular formula is C16H16F2N2O3S. The highest BCUT2D eigenvalue weighted by atomic mass is 32.2. The van der Waals surface area contributed by atoms with E-state index < -0.39 is 26.6 Å². The van der Waals surface area contributed by atoms with Gasteiger partial charge in [0.2, 0.25) is 15.9 Å². The maximum atomic E-state index is 13.5. The number of carbonyl (C=O) groups excluding carboxylic acids is 1. The second-order valence-electron chi connectivity index (χ2n) is 4.98. The quantitative estimate of drug-likeness (QED) is 0.798. The van der Waals surface area contributed by atoms with Crippen molar-refractivity contribution in [3.05, 3.63) is 65.7 Å². The van der Waals surface area contributed by atoms with E-state index in [9.17, 15) is 22.0 Å². The third-order valence-electron chi connectivity index (χ3n) is 3.16. The number of amides is 1. The standard InChI is InChI=1S/C16H16F2N2O3S/c17-13-6-7-14(18)15(10-13)24(22,23)20-9-8-16(21)19-11-12-4-2-1-3-5-12/h1-7,10,20H,8-9,11H2,(H,19,21). The number of sulfonamides is 1. The fraction of sp³-hybridized carbons (Fsp3) is 0.188. The first-order chi connectivity index (χ1) is 11.4. The lowest BCUT2D eigenvalue weighted by Crippen LogP contribution is -2.31. The molecule has 2 N–H and O–H groups in total. The molecule has 24 heavy (non-hydrogen) atoms. The normalized spacial score (nSPS) is 11.2. The highest BCUT2D eigenvalue weighted by Crippen LogP contribution is 2.15. The van der Waals surface area contributed by atoms with Crippen molar-refractivity contribution in [2.24, 2.45) is 0 Å². The molecule has 0 saturated heterocycles. The topological polar surface area (TPSA) is 75.3 Å². The highest BCUT2D eigenvalue weighted by Gasteiger charge is 2.19. The molecule has 0 unspecified atom stereocenters. The van der Waals surface area contributed by atoms with Crippen LogP contribution >= 0.6 is 0 Å². The molecule has 8 heteroatoms. The maximum Gasteiger partial charge on any atom is 0.243 e. The average Bonchev–Trinajstić information content (AvgIpc) is 2.56. The van der Waals surface area contributed by atoms with Crippen molar-refractivity contribution in [3.63, 3.8) is 0 Å². The Kier molecular flexibility index (Phi) is 5.99. The van der Waals surface area contributed by atoms with Gasteiger partial charge in [0, 0.05) is 19.5 Å². The number of carbonyl (C=O) groups is 1. The van der Waals surface area contributed by atoms with Gasteiger partial charge in [0.15, 0.2) is 0 Å². The summed E-state index contributed by atoms with van der Waals surface area (Å²) in [5.74, 6) is -2.28. The molecule has 0 bridgehead atoms. The van der Waals surface area contributed by atoms with Gasteiger partial charge in [-0.1, -0.05) is 30.3 Å². The van der Waals surface area contributed by atoms with Gasteiger partial charge < -0.3 is 5.32 Å². The van der Waals surface area contributed by atoms with E-state index in [-0.39, 0.29) is 18.9 Å². The fourth-order valence-electron chi connectivity index (χ4n) is 1.94. The minimum Gasteiger partial charge on any atom is -0.352 e. The van der Waals surface area contributed by atoms with Crippen LogP contribution in [0.2, 0.25) is 0 Å². The summed E-state index contributed by atoms with van der Waals surface area (Å²) < 4.78 is 52.5. The molecule has 0 atom stereocenters. The van der Waals surface area contributed by atoms with Crippen molar-refractivity contribution in [2.75, 3.05) is 6.54 Å². The van der Waals surface area contributed by atoms with Crippen molar-refractivity contribution in [1.82, 2.24) is 10.0 Å². The summed E-state index contributed by atoms with van der Waals surface area (Å²) in [6.45, 7) is 0.101. The SMILES string of the molecule is O=C(CCNS(=O)(=O)c1cc(F)ccc1F)NCc1ccccc1. The van der Waals surface area contributed by atoms with E-state index in [0.717, 1.165) is 17.7 Å². The highest BCUT2D eigenvalue weighted by molar-refractivity contribution is 7.89. The first-order valence-corrected chi connectivity index (χ1v) is 8.62. The van der Waals surface area contributed by atoms with Gasteiger partial charge in [0.1, 0.15) is 16.5 Å². The van der Waals surface area contributed by atoms with Crippen LogP contribution in [0.25, 0.3) is 0 Å². The largest absolute Gasteiger partial charge is 0.352 e. The fourth-order valence-corrected chi connectivity index (χ4v) is 3.06.